The van der Waals surface area contributed by atoms with Crippen molar-refractivity contribution in [1.82, 2.24) is 25.5 Å². The molecule has 21 heavy (non-hydrogen) atoms. The molecule has 1 N–H and O–H groups in total. The smallest absolute Gasteiger partial charge is 0.242 e. The Morgan fingerprint density at radius 1 is 1.33 bits per heavy atom. The second-order valence-electron chi connectivity index (χ2n) is 4.41. The normalized spacial score (nSPS) is 11.8. The van der Waals surface area contributed by atoms with Gasteiger partial charge in [0.25, 0.3) is 0 Å². The summed E-state index contributed by atoms with van der Waals surface area (Å²) in [5, 5.41) is 13.5. The van der Waals surface area contributed by atoms with Crippen LogP contribution in [0.2, 0.25) is 0 Å². The van der Waals surface area contributed by atoms with Crippen molar-refractivity contribution in [2.24, 2.45) is 0 Å². The molecule has 1 aromatic heterocycles. The molecule has 1 unspecified atom stereocenters. The first-order valence-electron chi connectivity index (χ1n) is 6.36. The van der Waals surface area contributed by atoms with Crippen molar-refractivity contribution in [3.8, 4) is 11.5 Å². The molecule has 0 spiro atoms. The number of methoxy groups -OCH3 is 2. The van der Waals surface area contributed by atoms with Gasteiger partial charge in [0, 0.05) is 0 Å². The standard InChI is InChI=1S/C13H17N5O3/c1-9(15-13(19)7-18-8-14-16-17-18)10-4-5-11(20-2)12(6-10)21-3/h4-6,8-9H,7H2,1-3H3,(H,15,19). The molecule has 112 valence electrons. The molecule has 1 heterocycles. The molecule has 0 saturated carbocycles. The van der Waals surface area contributed by atoms with Crippen LogP contribution in [0, 0.1) is 0 Å². The van der Waals surface area contributed by atoms with Gasteiger partial charge >= 0.3 is 0 Å². The van der Waals surface area contributed by atoms with Crippen molar-refractivity contribution in [2.45, 2.75) is 19.5 Å². The lowest BCUT2D eigenvalue weighted by atomic mass is 10.1. The Labute approximate surface area is 122 Å². The van der Waals surface area contributed by atoms with E-state index in [0.717, 1.165) is 5.56 Å². The minimum absolute atomic E-state index is 0.0740. The van der Waals surface area contributed by atoms with Gasteiger partial charge in [0.15, 0.2) is 11.5 Å². The highest BCUT2D eigenvalue weighted by molar-refractivity contribution is 5.76. The first-order valence-corrected chi connectivity index (χ1v) is 6.36. The number of aromatic nitrogens is 4. The van der Waals surface area contributed by atoms with E-state index in [0.29, 0.717) is 11.5 Å². The van der Waals surface area contributed by atoms with E-state index in [1.54, 1.807) is 20.3 Å². The summed E-state index contributed by atoms with van der Waals surface area (Å²) in [6.07, 6.45) is 1.39. The number of nitrogens with zero attached hydrogens (tertiary/aromatic N) is 4. The molecule has 1 aromatic carbocycles. The maximum absolute atomic E-state index is 11.9. The molecule has 1 atom stereocenters. The largest absolute Gasteiger partial charge is 0.493 e. The number of hydrogen-bond donors (Lipinski definition) is 1. The molecule has 2 aromatic rings. The summed E-state index contributed by atoms with van der Waals surface area (Å²) < 4.78 is 11.8. The SMILES string of the molecule is COc1ccc(C(C)NC(=O)Cn2cnnn2)cc1OC. The molecule has 8 nitrogen and oxygen atoms in total. The maximum atomic E-state index is 11.9. The lowest BCUT2D eigenvalue weighted by Gasteiger charge is -2.16. The van der Waals surface area contributed by atoms with Crippen molar-refractivity contribution in [3.63, 3.8) is 0 Å². The molecule has 2 rings (SSSR count). The number of hydrogen-bond acceptors (Lipinski definition) is 6. The fraction of sp³-hybridized carbons (Fsp3) is 0.385. The van der Waals surface area contributed by atoms with E-state index in [4.69, 9.17) is 9.47 Å². The zero-order chi connectivity index (χ0) is 15.2. The second-order valence-corrected chi connectivity index (χ2v) is 4.41. The van der Waals surface area contributed by atoms with E-state index in [2.05, 4.69) is 20.8 Å². The minimum Gasteiger partial charge on any atom is -0.493 e. The number of benzene rings is 1. The minimum atomic E-state index is -0.176. The fourth-order valence-electron chi connectivity index (χ4n) is 1.89. The van der Waals surface area contributed by atoms with Gasteiger partial charge in [-0.15, -0.1) is 5.10 Å². The quantitative estimate of drug-likeness (QED) is 0.836. The van der Waals surface area contributed by atoms with Gasteiger partial charge in [-0.2, -0.15) is 0 Å². The van der Waals surface area contributed by atoms with Crippen LogP contribution in [0.25, 0.3) is 0 Å². The van der Waals surface area contributed by atoms with E-state index in [1.165, 1.54) is 11.0 Å². The molecule has 8 heteroatoms. The second kappa shape index (κ2) is 6.69. The number of rotatable bonds is 6. The molecule has 0 aliphatic rings. The Kier molecular flexibility index (Phi) is 4.70. The fourth-order valence-corrected chi connectivity index (χ4v) is 1.89. The number of tetrazole rings is 1. The molecular weight excluding hydrogens is 274 g/mol. The summed E-state index contributed by atoms with van der Waals surface area (Å²) in [5.74, 6) is 1.09. The summed E-state index contributed by atoms with van der Waals surface area (Å²) in [6.45, 7) is 1.96. The summed E-state index contributed by atoms with van der Waals surface area (Å²) >= 11 is 0. The van der Waals surface area contributed by atoms with Gasteiger partial charge < -0.3 is 14.8 Å². The lowest BCUT2D eigenvalue weighted by molar-refractivity contribution is -0.122. The van der Waals surface area contributed by atoms with E-state index in [1.807, 2.05) is 19.1 Å². The number of nitrogens with one attached hydrogen (secondary N) is 1. The van der Waals surface area contributed by atoms with Crippen LogP contribution in [0.4, 0.5) is 0 Å². The topological polar surface area (TPSA) is 91.2 Å². The predicted octanol–water partition coefficient (Wildman–Crippen LogP) is 0.568. The van der Waals surface area contributed by atoms with Gasteiger partial charge in [0.1, 0.15) is 12.9 Å². The Hall–Kier alpha value is -2.64. The van der Waals surface area contributed by atoms with Crippen LogP contribution in [0.5, 0.6) is 11.5 Å². The lowest BCUT2D eigenvalue weighted by Crippen LogP contribution is -2.30. The maximum Gasteiger partial charge on any atom is 0.242 e. The first-order chi connectivity index (χ1) is 10.1. The van der Waals surface area contributed by atoms with Gasteiger partial charge in [0.05, 0.1) is 20.3 Å². The van der Waals surface area contributed by atoms with Crippen molar-refractivity contribution < 1.29 is 14.3 Å². The van der Waals surface area contributed by atoms with Crippen molar-refractivity contribution >= 4 is 5.91 Å². The Bertz CT molecular complexity index is 600. The summed E-state index contributed by atoms with van der Waals surface area (Å²) in [5.41, 5.74) is 0.915. The van der Waals surface area contributed by atoms with Crippen LogP contribution in [0.15, 0.2) is 24.5 Å². The highest BCUT2D eigenvalue weighted by Crippen LogP contribution is 2.29. The van der Waals surface area contributed by atoms with E-state index >= 15 is 0 Å². The number of amides is 1. The first kappa shape index (κ1) is 14.8. The number of carbonyl (C=O) groups is 1. The molecule has 1 amide bonds. The average Bonchev–Trinajstić information content (AvgIpc) is 2.99. The molecule has 0 saturated heterocycles. The van der Waals surface area contributed by atoms with Crippen LogP contribution < -0.4 is 14.8 Å². The van der Waals surface area contributed by atoms with Crippen molar-refractivity contribution in [2.75, 3.05) is 14.2 Å². The van der Waals surface area contributed by atoms with Crippen LogP contribution in [0.3, 0.4) is 0 Å². The molecule has 0 radical (unpaired) electrons. The molecule has 0 aliphatic carbocycles. The van der Waals surface area contributed by atoms with Crippen LogP contribution in [-0.4, -0.2) is 40.3 Å². The zero-order valence-corrected chi connectivity index (χ0v) is 12.1. The summed E-state index contributed by atoms with van der Waals surface area (Å²) in [6, 6.07) is 5.34. The number of ether oxygens (including phenoxy) is 2. The molecule has 0 bridgehead atoms. The summed E-state index contributed by atoms with van der Waals surface area (Å²) in [7, 11) is 3.15. The molecular formula is C13H17N5O3. The van der Waals surface area contributed by atoms with Crippen LogP contribution >= 0.6 is 0 Å². The molecule has 0 fully saturated rings. The zero-order valence-electron chi connectivity index (χ0n) is 12.1. The van der Waals surface area contributed by atoms with Crippen molar-refractivity contribution in [1.29, 1.82) is 0 Å². The van der Waals surface area contributed by atoms with Gasteiger partial charge in [-0.3, -0.25) is 4.79 Å². The monoisotopic (exact) mass is 291 g/mol. The Morgan fingerprint density at radius 3 is 2.71 bits per heavy atom. The van der Waals surface area contributed by atoms with Crippen LogP contribution in [-0.2, 0) is 11.3 Å². The third-order valence-corrected chi connectivity index (χ3v) is 2.98. The third kappa shape index (κ3) is 3.68. The number of carbonyl (C=O) groups excluding carboxylic acids is 1. The van der Waals surface area contributed by atoms with E-state index in [9.17, 15) is 4.79 Å². The Balaban J connectivity index is 2.02. The average molecular weight is 291 g/mol. The van der Waals surface area contributed by atoms with Crippen molar-refractivity contribution in [3.05, 3.63) is 30.1 Å². The highest BCUT2D eigenvalue weighted by Gasteiger charge is 2.13. The van der Waals surface area contributed by atoms with Gasteiger partial charge in [-0.1, -0.05) is 6.07 Å². The van der Waals surface area contributed by atoms with E-state index in [-0.39, 0.29) is 18.5 Å². The predicted molar refractivity (Wildman–Crippen MR) is 73.9 cm³/mol. The summed E-state index contributed by atoms with van der Waals surface area (Å²) in [4.78, 5) is 11.9. The Morgan fingerprint density at radius 2 is 2.10 bits per heavy atom. The molecule has 0 aliphatic heterocycles. The highest BCUT2D eigenvalue weighted by atomic mass is 16.5. The van der Waals surface area contributed by atoms with Gasteiger partial charge in [-0.05, 0) is 35.0 Å². The van der Waals surface area contributed by atoms with Gasteiger partial charge in [0.2, 0.25) is 5.91 Å². The van der Waals surface area contributed by atoms with Gasteiger partial charge in [-0.25, -0.2) is 4.68 Å². The van der Waals surface area contributed by atoms with Crippen LogP contribution in [0.1, 0.15) is 18.5 Å². The van der Waals surface area contributed by atoms with E-state index < -0.39 is 0 Å². The third-order valence-electron chi connectivity index (χ3n) is 2.98.